The van der Waals surface area contributed by atoms with Crippen molar-refractivity contribution in [3.05, 3.63) is 76.4 Å². The Kier molecular flexibility index (Phi) is 5.07. The molecule has 0 spiro atoms. The monoisotopic (exact) mass is 483 g/mol. The summed E-state index contributed by atoms with van der Waals surface area (Å²) in [4.78, 5) is 0. The summed E-state index contributed by atoms with van der Waals surface area (Å²) < 4.78 is 0.285. The van der Waals surface area contributed by atoms with Crippen LogP contribution in [0, 0.1) is 5.92 Å². The van der Waals surface area contributed by atoms with Crippen LogP contribution in [-0.2, 0) is 32.2 Å². The number of hydrogen-bond donors (Lipinski definition) is 0. The van der Waals surface area contributed by atoms with Crippen molar-refractivity contribution in [2.24, 2.45) is 5.92 Å². The zero-order valence-corrected chi connectivity index (χ0v) is 20.2. The molecule has 141 valence electrons. The van der Waals surface area contributed by atoms with Crippen LogP contribution < -0.4 is 0 Å². The second-order valence-corrected chi connectivity index (χ2v) is 16.9. The van der Waals surface area contributed by atoms with Gasteiger partial charge in [-0.25, -0.2) is 0 Å². The molecule has 0 amide bonds. The number of rotatable bonds is 4. The van der Waals surface area contributed by atoms with Crippen LogP contribution in [0.1, 0.15) is 46.1 Å². The average Bonchev–Trinajstić information content (AvgIpc) is 3.30. The van der Waals surface area contributed by atoms with Gasteiger partial charge in [0, 0.05) is 0 Å². The molecule has 0 bridgehead atoms. The molecule has 0 N–H and O–H groups in total. The second kappa shape index (κ2) is 7.43. The summed E-state index contributed by atoms with van der Waals surface area (Å²) >= 11 is -2.49. The van der Waals surface area contributed by atoms with E-state index in [1.807, 2.05) is 0 Å². The molecule has 2 atom stereocenters. The number of halogens is 2. The van der Waals surface area contributed by atoms with Crippen molar-refractivity contribution in [2.75, 3.05) is 0 Å². The Morgan fingerprint density at radius 1 is 0.964 bits per heavy atom. The standard InChI is InChI=1S/C25H23.2ClH.Zr/c1-3-16(2)20-14-19-7-5-8-21(24(19)15-20)22-13-12-18-11-10-17-6-4-9-23(22)25(17)18;;;/h4-9,12-16H,3,10-11H2,1-2H3;2*1H;/q;;;+2/p-2. The predicted octanol–water partition coefficient (Wildman–Crippen LogP) is 8.02. The molecule has 3 aromatic carbocycles. The average molecular weight is 486 g/mol. The zero-order valence-electron chi connectivity index (χ0n) is 16.2. The van der Waals surface area contributed by atoms with E-state index in [1.165, 1.54) is 49.7 Å². The maximum atomic E-state index is 6.67. The van der Waals surface area contributed by atoms with Gasteiger partial charge in [0.15, 0.2) is 0 Å². The quantitative estimate of drug-likeness (QED) is 0.351. The molecular formula is C25H23Cl2Zr. The summed E-state index contributed by atoms with van der Waals surface area (Å²) in [5.74, 6) is 0.520. The Balaban J connectivity index is 1.76. The van der Waals surface area contributed by atoms with E-state index in [2.05, 4.69) is 68.5 Å². The van der Waals surface area contributed by atoms with Gasteiger partial charge in [0.25, 0.3) is 0 Å². The Morgan fingerprint density at radius 3 is 2.46 bits per heavy atom. The first kappa shape index (κ1) is 19.1. The van der Waals surface area contributed by atoms with E-state index >= 15 is 0 Å². The molecule has 28 heavy (non-hydrogen) atoms. The first-order chi connectivity index (χ1) is 13.6. The molecule has 3 aromatic rings. The van der Waals surface area contributed by atoms with E-state index in [9.17, 15) is 0 Å². The molecule has 5 rings (SSSR count). The molecule has 2 aliphatic rings. The number of aryl methyl sites for hydroxylation is 2. The van der Waals surface area contributed by atoms with Gasteiger partial charge in [-0.05, 0) is 0 Å². The summed E-state index contributed by atoms with van der Waals surface area (Å²) in [6.45, 7) is 4.56. The summed E-state index contributed by atoms with van der Waals surface area (Å²) in [6.07, 6.45) is 5.86. The molecule has 0 nitrogen and oxygen atoms in total. The molecule has 3 heteroatoms. The Labute approximate surface area is 182 Å². The topological polar surface area (TPSA) is 0 Å². The Bertz CT molecular complexity index is 1100. The van der Waals surface area contributed by atoms with Crippen LogP contribution >= 0.6 is 17.0 Å². The molecule has 2 aliphatic carbocycles. The molecule has 0 heterocycles. The molecule has 0 fully saturated rings. The van der Waals surface area contributed by atoms with E-state index < -0.39 is 19.4 Å². The van der Waals surface area contributed by atoms with E-state index in [1.54, 1.807) is 0 Å². The molecule has 0 aromatic heterocycles. The van der Waals surface area contributed by atoms with Crippen LogP contribution in [-0.4, -0.2) is 0 Å². The van der Waals surface area contributed by atoms with Gasteiger partial charge in [-0.1, -0.05) is 0 Å². The van der Waals surface area contributed by atoms with Gasteiger partial charge in [0.1, 0.15) is 0 Å². The normalized spacial score (nSPS) is 18.3. The fraction of sp³-hybridized carbons (Fsp3) is 0.280. The first-order valence-corrected chi connectivity index (χ1v) is 17.9. The van der Waals surface area contributed by atoms with E-state index in [0.29, 0.717) is 5.92 Å². The van der Waals surface area contributed by atoms with Crippen molar-refractivity contribution in [1.29, 1.82) is 0 Å². The third-order valence-corrected chi connectivity index (χ3v) is 11.9. The summed E-state index contributed by atoms with van der Waals surface area (Å²) in [7, 11) is 13.3. The van der Waals surface area contributed by atoms with Crippen LogP contribution in [0.25, 0.3) is 28.0 Å². The number of hydrogen-bond acceptors (Lipinski definition) is 0. The van der Waals surface area contributed by atoms with E-state index in [-0.39, 0.29) is 3.63 Å². The van der Waals surface area contributed by atoms with Gasteiger partial charge in [0.05, 0.1) is 0 Å². The van der Waals surface area contributed by atoms with Crippen molar-refractivity contribution >= 4 is 33.9 Å². The molecular weight excluding hydrogens is 462 g/mol. The maximum absolute atomic E-state index is 6.67. The molecule has 0 radical (unpaired) electrons. The third kappa shape index (κ3) is 2.89. The summed E-state index contributed by atoms with van der Waals surface area (Å²) in [5.41, 5.74) is 9.82. The van der Waals surface area contributed by atoms with Gasteiger partial charge in [-0.15, -0.1) is 0 Å². The van der Waals surface area contributed by atoms with Crippen LogP contribution in [0.4, 0.5) is 0 Å². The van der Waals surface area contributed by atoms with E-state index in [4.69, 9.17) is 17.0 Å². The number of benzene rings is 3. The SMILES string of the molecule is CCC(C)C1=Cc2c(-c3ccc4c5c(cccc35)CC4)cccc2[CH]1[Zr]([Cl])[Cl]. The van der Waals surface area contributed by atoms with Crippen LogP contribution in [0.15, 0.2) is 54.1 Å². The van der Waals surface area contributed by atoms with Gasteiger partial charge in [-0.2, -0.15) is 0 Å². The minimum atomic E-state index is -2.49. The first-order valence-electron chi connectivity index (χ1n) is 10.2. The van der Waals surface area contributed by atoms with Crippen molar-refractivity contribution in [1.82, 2.24) is 0 Å². The van der Waals surface area contributed by atoms with Gasteiger partial charge >= 0.3 is 183 Å². The molecule has 0 aliphatic heterocycles. The van der Waals surface area contributed by atoms with Crippen LogP contribution in [0.2, 0.25) is 0 Å². The van der Waals surface area contributed by atoms with Crippen molar-refractivity contribution in [3.8, 4) is 11.1 Å². The minimum absolute atomic E-state index is 0.285. The van der Waals surface area contributed by atoms with Gasteiger partial charge in [-0.3, -0.25) is 0 Å². The molecule has 2 unspecified atom stereocenters. The van der Waals surface area contributed by atoms with Crippen LogP contribution in [0.3, 0.4) is 0 Å². The van der Waals surface area contributed by atoms with Crippen molar-refractivity contribution in [2.45, 2.75) is 36.7 Å². The van der Waals surface area contributed by atoms with E-state index in [0.717, 1.165) is 19.3 Å². The van der Waals surface area contributed by atoms with Gasteiger partial charge < -0.3 is 0 Å². The fourth-order valence-corrected chi connectivity index (χ4v) is 10.6. The van der Waals surface area contributed by atoms with Crippen molar-refractivity contribution < 1.29 is 19.4 Å². The molecule has 0 saturated carbocycles. The number of allylic oxidation sites excluding steroid dienone is 1. The van der Waals surface area contributed by atoms with Crippen molar-refractivity contribution in [3.63, 3.8) is 0 Å². The Hall–Kier alpha value is -0.877. The van der Waals surface area contributed by atoms with Gasteiger partial charge in [0.2, 0.25) is 0 Å². The molecule has 0 saturated heterocycles. The predicted molar refractivity (Wildman–Crippen MR) is 119 cm³/mol. The number of fused-ring (bicyclic) bond motifs is 1. The fourth-order valence-electron chi connectivity index (χ4n) is 5.05. The third-order valence-electron chi connectivity index (χ3n) is 6.66. The Morgan fingerprint density at radius 2 is 1.71 bits per heavy atom. The summed E-state index contributed by atoms with van der Waals surface area (Å²) in [6, 6.07) is 18.2. The van der Waals surface area contributed by atoms with Crippen LogP contribution in [0.5, 0.6) is 0 Å². The zero-order chi connectivity index (χ0) is 19.4. The second-order valence-electron chi connectivity index (χ2n) is 8.10. The summed E-state index contributed by atoms with van der Waals surface area (Å²) in [5, 5.41) is 2.86.